The highest BCUT2D eigenvalue weighted by Gasteiger charge is 2.07. The standard InChI is InChI=1S/C32H72N8O4/c1-33-9-10-34(2)18-27-42-28-20-37(5)13-14-38(6)22-31-44-32-24-40(8)16-15-39(7)23-30-43-29-21-36(4)12-11-35(3)19-26-41-25-17-33/h9-32H2,1-8H3. The van der Waals surface area contributed by atoms with Crippen molar-refractivity contribution in [3.05, 3.63) is 0 Å². The largest absolute Gasteiger partial charge is 0.379 e. The van der Waals surface area contributed by atoms with Crippen molar-refractivity contribution in [2.75, 3.05) is 214 Å². The predicted octanol–water partition coefficient (Wildman–Crippen LogP) is -0.479. The second kappa shape index (κ2) is 27.6. The van der Waals surface area contributed by atoms with Crippen LogP contribution in [0, 0.1) is 0 Å². The third-order valence-corrected chi connectivity index (χ3v) is 8.39. The summed E-state index contributed by atoms with van der Waals surface area (Å²) in [6.07, 6.45) is 0. The van der Waals surface area contributed by atoms with Crippen molar-refractivity contribution in [1.82, 2.24) is 39.2 Å². The van der Waals surface area contributed by atoms with E-state index in [2.05, 4.69) is 95.6 Å². The van der Waals surface area contributed by atoms with Crippen LogP contribution in [-0.4, -0.2) is 253 Å². The zero-order chi connectivity index (χ0) is 32.4. The fraction of sp³-hybridized carbons (Fsp3) is 1.00. The van der Waals surface area contributed by atoms with Crippen molar-refractivity contribution in [1.29, 1.82) is 0 Å². The van der Waals surface area contributed by atoms with Gasteiger partial charge in [0.15, 0.2) is 0 Å². The van der Waals surface area contributed by atoms with Gasteiger partial charge in [-0.2, -0.15) is 0 Å². The number of nitrogens with zero attached hydrogens (tertiary/aromatic N) is 8. The van der Waals surface area contributed by atoms with E-state index in [-0.39, 0.29) is 0 Å². The van der Waals surface area contributed by atoms with Gasteiger partial charge in [-0.3, -0.25) is 0 Å². The molecule has 0 N–H and O–H groups in total. The van der Waals surface area contributed by atoms with Gasteiger partial charge in [0.2, 0.25) is 0 Å². The van der Waals surface area contributed by atoms with Gasteiger partial charge in [0.05, 0.1) is 52.9 Å². The summed E-state index contributed by atoms with van der Waals surface area (Å²) in [5, 5.41) is 0. The van der Waals surface area contributed by atoms with Crippen molar-refractivity contribution in [2.24, 2.45) is 0 Å². The molecule has 0 aromatic rings. The fourth-order valence-corrected chi connectivity index (χ4v) is 4.43. The number of hydrogen-bond donors (Lipinski definition) is 0. The first kappa shape index (κ1) is 41.5. The second-order valence-electron chi connectivity index (χ2n) is 12.9. The number of hydrogen-bond acceptors (Lipinski definition) is 12. The molecule has 0 unspecified atom stereocenters. The van der Waals surface area contributed by atoms with E-state index < -0.39 is 0 Å². The Labute approximate surface area is 272 Å². The molecule has 1 aliphatic heterocycles. The van der Waals surface area contributed by atoms with Crippen molar-refractivity contribution in [2.45, 2.75) is 0 Å². The zero-order valence-electron chi connectivity index (χ0n) is 30.2. The topological polar surface area (TPSA) is 62.8 Å². The molecular formula is C32H72N8O4. The molecule has 1 rings (SSSR count). The van der Waals surface area contributed by atoms with Crippen LogP contribution in [0.2, 0.25) is 0 Å². The van der Waals surface area contributed by atoms with E-state index in [1.807, 2.05) is 0 Å². The smallest absolute Gasteiger partial charge is 0.0593 e. The summed E-state index contributed by atoms with van der Waals surface area (Å²) in [6, 6.07) is 0. The maximum atomic E-state index is 5.92. The van der Waals surface area contributed by atoms with Crippen LogP contribution in [0.5, 0.6) is 0 Å². The Balaban J connectivity index is 2.38. The third-order valence-electron chi connectivity index (χ3n) is 8.39. The minimum Gasteiger partial charge on any atom is -0.379 e. The van der Waals surface area contributed by atoms with Crippen LogP contribution >= 0.6 is 0 Å². The van der Waals surface area contributed by atoms with Crippen molar-refractivity contribution in [3.63, 3.8) is 0 Å². The first-order chi connectivity index (χ1) is 21.2. The summed E-state index contributed by atoms with van der Waals surface area (Å²) in [6.45, 7) is 22.1. The molecule has 12 nitrogen and oxygen atoms in total. The van der Waals surface area contributed by atoms with Crippen molar-refractivity contribution >= 4 is 0 Å². The molecule has 0 aromatic carbocycles. The minimum absolute atomic E-state index is 0.775. The first-order valence-electron chi connectivity index (χ1n) is 16.9. The van der Waals surface area contributed by atoms with Gasteiger partial charge in [-0.15, -0.1) is 0 Å². The molecular weight excluding hydrogens is 560 g/mol. The summed E-state index contributed by atoms with van der Waals surface area (Å²) >= 11 is 0. The van der Waals surface area contributed by atoms with Gasteiger partial charge in [0.25, 0.3) is 0 Å². The average molecular weight is 633 g/mol. The lowest BCUT2D eigenvalue weighted by Gasteiger charge is -2.24. The maximum absolute atomic E-state index is 5.92. The number of rotatable bonds is 0. The Hall–Kier alpha value is -0.480. The summed E-state index contributed by atoms with van der Waals surface area (Å²) in [5.74, 6) is 0. The Bertz CT molecular complexity index is 489. The molecule has 0 radical (unpaired) electrons. The van der Waals surface area contributed by atoms with Crippen LogP contribution in [0.3, 0.4) is 0 Å². The molecule has 12 heteroatoms. The third kappa shape index (κ3) is 25.7. The fourth-order valence-electron chi connectivity index (χ4n) is 4.43. The molecule has 0 amide bonds. The van der Waals surface area contributed by atoms with Gasteiger partial charge >= 0.3 is 0 Å². The van der Waals surface area contributed by atoms with Crippen LogP contribution in [0.4, 0.5) is 0 Å². The Kier molecular flexibility index (Phi) is 26.1. The monoisotopic (exact) mass is 633 g/mol. The van der Waals surface area contributed by atoms with E-state index in [9.17, 15) is 0 Å². The Morgan fingerprint density at radius 3 is 0.432 bits per heavy atom. The lowest BCUT2D eigenvalue weighted by atomic mass is 10.4. The molecule has 1 aliphatic rings. The van der Waals surface area contributed by atoms with Crippen LogP contribution < -0.4 is 0 Å². The lowest BCUT2D eigenvalue weighted by Crippen LogP contribution is -2.36. The van der Waals surface area contributed by atoms with E-state index >= 15 is 0 Å². The van der Waals surface area contributed by atoms with E-state index in [0.29, 0.717) is 0 Å². The summed E-state index contributed by atoms with van der Waals surface area (Å²) in [7, 11) is 17.4. The highest BCUT2D eigenvalue weighted by atomic mass is 16.5. The Morgan fingerprint density at radius 2 is 0.318 bits per heavy atom. The average Bonchev–Trinajstić information content (AvgIpc) is 2.99. The molecule has 1 saturated heterocycles. The van der Waals surface area contributed by atoms with E-state index in [1.165, 1.54) is 0 Å². The minimum atomic E-state index is 0.775. The van der Waals surface area contributed by atoms with Crippen molar-refractivity contribution < 1.29 is 18.9 Å². The van der Waals surface area contributed by atoms with Gasteiger partial charge in [0.1, 0.15) is 0 Å². The molecule has 0 atom stereocenters. The Morgan fingerprint density at radius 1 is 0.205 bits per heavy atom. The highest BCUT2D eigenvalue weighted by Crippen LogP contribution is 1.94. The quantitative estimate of drug-likeness (QED) is 0.347. The molecule has 0 spiro atoms. The van der Waals surface area contributed by atoms with E-state index in [4.69, 9.17) is 18.9 Å². The lowest BCUT2D eigenvalue weighted by molar-refractivity contribution is 0.0744. The molecule has 0 saturated carbocycles. The summed E-state index contributed by atoms with van der Waals surface area (Å²) in [5.41, 5.74) is 0. The van der Waals surface area contributed by atoms with Crippen LogP contribution in [0.25, 0.3) is 0 Å². The summed E-state index contributed by atoms with van der Waals surface area (Å²) < 4.78 is 23.7. The van der Waals surface area contributed by atoms with Crippen LogP contribution in [0.15, 0.2) is 0 Å². The number of likely N-dealkylation sites (N-methyl/N-ethyl adjacent to an activating group) is 8. The molecule has 44 heavy (non-hydrogen) atoms. The van der Waals surface area contributed by atoms with Gasteiger partial charge in [-0.05, 0) is 56.4 Å². The van der Waals surface area contributed by atoms with Gasteiger partial charge in [-0.1, -0.05) is 0 Å². The molecule has 1 fully saturated rings. The van der Waals surface area contributed by atoms with Crippen LogP contribution in [-0.2, 0) is 18.9 Å². The second-order valence-corrected chi connectivity index (χ2v) is 12.9. The normalized spacial score (nSPS) is 25.6. The predicted molar refractivity (Wildman–Crippen MR) is 183 cm³/mol. The van der Waals surface area contributed by atoms with Gasteiger partial charge in [0, 0.05) is 105 Å². The van der Waals surface area contributed by atoms with E-state index in [0.717, 1.165) is 158 Å². The molecule has 0 aliphatic carbocycles. The molecule has 0 bridgehead atoms. The van der Waals surface area contributed by atoms with Gasteiger partial charge < -0.3 is 58.1 Å². The highest BCUT2D eigenvalue weighted by molar-refractivity contribution is 4.61. The van der Waals surface area contributed by atoms with Crippen LogP contribution in [0.1, 0.15) is 0 Å². The molecule has 264 valence electrons. The van der Waals surface area contributed by atoms with Gasteiger partial charge in [-0.25, -0.2) is 0 Å². The summed E-state index contributed by atoms with van der Waals surface area (Å²) in [4.78, 5) is 18.8. The zero-order valence-corrected chi connectivity index (χ0v) is 30.2. The van der Waals surface area contributed by atoms with E-state index in [1.54, 1.807) is 0 Å². The SMILES string of the molecule is CN1CCOCCN(C)CCN(C)CCOCCN(C)CCN(C)CCOCCN(C)CCN(C)CCOCCN(C)CC1. The molecule has 1 heterocycles. The molecule has 0 aromatic heterocycles. The van der Waals surface area contributed by atoms with Crippen molar-refractivity contribution in [3.8, 4) is 0 Å². The number of ether oxygens (including phenoxy) is 4. The maximum Gasteiger partial charge on any atom is 0.0593 e. The first-order valence-corrected chi connectivity index (χ1v) is 16.9.